The number of halogens is 2. The zero-order valence-electron chi connectivity index (χ0n) is 4.86. The maximum absolute atomic E-state index is 12.2. The van der Waals surface area contributed by atoms with Gasteiger partial charge in [-0.05, 0) is 0 Å². The van der Waals surface area contributed by atoms with Gasteiger partial charge in [0.15, 0.2) is 0 Å². The molecule has 0 amide bonds. The smallest absolute Gasteiger partial charge is 0.112 e. The Morgan fingerprint density at radius 3 is 2.75 bits per heavy atom. The first-order valence-electron chi connectivity index (χ1n) is 2.50. The number of rotatable bonds is 4. The molecular weight excluding hydrogens is 175 g/mol. The van der Waals surface area contributed by atoms with Crippen LogP contribution in [0.2, 0.25) is 0 Å². The lowest BCUT2D eigenvalue weighted by Gasteiger charge is -2.00. The maximum atomic E-state index is 12.2. The Morgan fingerprint density at radius 2 is 2.38 bits per heavy atom. The number of hydrogen-bond donors (Lipinski definition) is 0. The van der Waals surface area contributed by atoms with Gasteiger partial charge in [-0.3, -0.25) is 0 Å². The van der Waals surface area contributed by atoms with Crippen LogP contribution in [0.25, 0.3) is 0 Å². The fraction of sp³-hybridized carbons (Fsp3) is 1.00. The second-order valence-electron chi connectivity index (χ2n) is 1.53. The van der Waals surface area contributed by atoms with Crippen LogP contribution in [0, 0.1) is 0 Å². The molecule has 1 atom stereocenters. The third-order valence-corrected chi connectivity index (χ3v) is 1.51. The molecule has 0 aromatic heterocycles. The van der Waals surface area contributed by atoms with E-state index in [1.165, 1.54) is 0 Å². The topological polar surface area (TPSA) is 9.23 Å². The molecule has 0 aliphatic carbocycles. The Bertz CT molecular complexity index is 51.7. The normalized spacial score (nSPS) is 13.9. The molecule has 0 aliphatic rings. The van der Waals surface area contributed by atoms with Crippen molar-refractivity contribution in [1.82, 2.24) is 0 Å². The Labute approximate surface area is 57.3 Å². The first kappa shape index (κ1) is 8.37. The summed E-state index contributed by atoms with van der Waals surface area (Å²) in [5.41, 5.74) is 0. The van der Waals surface area contributed by atoms with Gasteiger partial charge < -0.3 is 4.74 Å². The molecule has 0 radical (unpaired) electrons. The average molecular weight is 185 g/mol. The minimum atomic E-state index is -0.755. The molecule has 0 spiro atoms. The lowest BCUT2D eigenvalue weighted by molar-refractivity contribution is 0.168. The van der Waals surface area contributed by atoms with Crippen molar-refractivity contribution in [2.75, 3.05) is 19.0 Å². The molecule has 0 N–H and O–H groups in total. The highest BCUT2D eigenvalue weighted by Crippen LogP contribution is 2.00. The van der Waals surface area contributed by atoms with Crippen molar-refractivity contribution in [2.45, 2.75) is 12.6 Å². The van der Waals surface area contributed by atoms with E-state index in [0.29, 0.717) is 18.4 Å². The molecule has 0 heterocycles. The number of ether oxygens (including phenoxy) is 1. The molecule has 0 rings (SSSR count). The van der Waals surface area contributed by atoms with Crippen molar-refractivity contribution >= 4 is 15.9 Å². The molecule has 0 aromatic carbocycles. The summed E-state index contributed by atoms with van der Waals surface area (Å²) in [5, 5.41) is 0.413. The number of alkyl halides is 2. The summed E-state index contributed by atoms with van der Waals surface area (Å²) in [6.45, 7) is 0.507. The van der Waals surface area contributed by atoms with Gasteiger partial charge in [-0.2, -0.15) is 0 Å². The summed E-state index contributed by atoms with van der Waals surface area (Å²) in [5.74, 6) is 0. The molecule has 50 valence electrons. The zero-order chi connectivity index (χ0) is 6.41. The van der Waals surface area contributed by atoms with E-state index in [4.69, 9.17) is 0 Å². The van der Waals surface area contributed by atoms with Gasteiger partial charge in [-0.15, -0.1) is 0 Å². The second kappa shape index (κ2) is 5.51. The van der Waals surface area contributed by atoms with Crippen molar-refractivity contribution < 1.29 is 9.13 Å². The van der Waals surface area contributed by atoms with Crippen LogP contribution in [0.1, 0.15) is 6.42 Å². The highest BCUT2D eigenvalue weighted by Gasteiger charge is 2.00. The summed E-state index contributed by atoms with van der Waals surface area (Å²) in [6, 6.07) is 0. The summed E-state index contributed by atoms with van der Waals surface area (Å²) < 4.78 is 16.8. The predicted octanol–water partition coefficient (Wildman–Crippen LogP) is 1.76. The summed E-state index contributed by atoms with van der Waals surface area (Å²) in [7, 11) is 1.57. The summed E-state index contributed by atoms with van der Waals surface area (Å²) >= 11 is 3.01. The third-order valence-electron chi connectivity index (χ3n) is 0.803. The quantitative estimate of drug-likeness (QED) is 0.606. The van der Waals surface area contributed by atoms with Gasteiger partial charge in [-0.25, -0.2) is 4.39 Å². The molecule has 1 nitrogen and oxygen atoms in total. The standard InChI is InChI=1S/C5H10BrFO/c1-8-3-2-5(7)4-6/h5H,2-4H2,1H3. The fourth-order valence-corrected chi connectivity index (χ4v) is 0.647. The van der Waals surface area contributed by atoms with E-state index in [2.05, 4.69) is 20.7 Å². The van der Waals surface area contributed by atoms with Crippen LogP contribution in [0.3, 0.4) is 0 Å². The van der Waals surface area contributed by atoms with Crippen LogP contribution in [-0.4, -0.2) is 25.2 Å². The molecule has 0 aromatic rings. The van der Waals surface area contributed by atoms with Crippen molar-refractivity contribution in [3.05, 3.63) is 0 Å². The van der Waals surface area contributed by atoms with E-state index in [1.54, 1.807) is 7.11 Å². The minimum Gasteiger partial charge on any atom is -0.385 e. The predicted molar refractivity (Wildman–Crippen MR) is 35.2 cm³/mol. The molecule has 1 unspecified atom stereocenters. The van der Waals surface area contributed by atoms with E-state index in [0.717, 1.165) is 0 Å². The molecule has 8 heavy (non-hydrogen) atoms. The largest absolute Gasteiger partial charge is 0.385 e. The van der Waals surface area contributed by atoms with Crippen LogP contribution >= 0.6 is 15.9 Å². The van der Waals surface area contributed by atoms with E-state index in [1.807, 2.05) is 0 Å². The van der Waals surface area contributed by atoms with Crippen molar-refractivity contribution in [3.8, 4) is 0 Å². The minimum absolute atomic E-state index is 0.413. The van der Waals surface area contributed by atoms with Gasteiger partial charge in [-0.1, -0.05) is 15.9 Å². The van der Waals surface area contributed by atoms with Gasteiger partial charge in [0.25, 0.3) is 0 Å². The van der Waals surface area contributed by atoms with E-state index < -0.39 is 6.17 Å². The second-order valence-corrected chi connectivity index (χ2v) is 2.18. The number of methoxy groups -OCH3 is 1. The van der Waals surface area contributed by atoms with Crippen molar-refractivity contribution in [2.24, 2.45) is 0 Å². The fourth-order valence-electron chi connectivity index (χ4n) is 0.323. The maximum Gasteiger partial charge on any atom is 0.112 e. The first-order valence-corrected chi connectivity index (χ1v) is 3.62. The Morgan fingerprint density at radius 1 is 1.75 bits per heavy atom. The average Bonchev–Trinajstić information content (AvgIpc) is 1.83. The lowest BCUT2D eigenvalue weighted by atomic mass is 10.3. The summed E-state index contributed by atoms with van der Waals surface area (Å²) in [4.78, 5) is 0. The van der Waals surface area contributed by atoms with Crippen LogP contribution in [0.5, 0.6) is 0 Å². The monoisotopic (exact) mass is 184 g/mol. The molecule has 3 heteroatoms. The van der Waals surface area contributed by atoms with Crippen LogP contribution in [0.15, 0.2) is 0 Å². The van der Waals surface area contributed by atoms with Crippen molar-refractivity contribution in [1.29, 1.82) is 0 Å². The molecule has 0 bridgehead atoms. The van der Waals surface area contributed by atoms with Gasteiger partial charge in [0.2, 0.25) is 0 Å². The Hall–Kier alpha value is 0.370. The molecular formula is C5H10BrFO. The summed E-state index contributed by atoms with van der Waals surface area (Å²) in [6.07, 6.45) is -0.267. The molecule has 0 fully saturated rings. The van der Waals surface area contributed by atoms with Crippen molar-refractivity contribution in [3.63, 3.8) is 0 Å². The van der Waals surface area contributed by atoms with Gasteiger partial charge in [0.1, 0.15) is 6.17 Å². The highest BCUT2D eigenvalue weighted by atomic mass is 79.9. The van der Waals surface area contributed by atoms with E-state index >= 15 is 0 Å². The van der Waals surface area contributed by atoms with E-state index in [9.17, 15) is 4.39 Å². The molecule has 0 aliphatic heterocycles. The van der Waals surface area contributed by atoms with Crippen LogP contribution in [0.4, 0.5) is 4.39 Å². The van der Waals surface area contributed by atoms with Crippen LogP contribution in [-0.2, 0) is 4.74 Å². The van der Waals surface area contributed by atoms with Gasteiger partial charge >= 0.3 is 0 Å². The van der Waals surface area contributed by atoms with Gasteiger partial charge in [0.05, 0.1) is 0 Å². The zero-order valence-corrected chi connectivity index (χ0v) is 6.45. The SMILES string of the molecule is COCCC(F)CBr. The first-order chi connectivity index (χ1) is 3.81. The Balaban J connectivity index is 2.86. The third kappa shape index (κ3) is 4.53. The van der Waals surface area contributed by atoms with E-state index in [-0.39, 0.29) is 0 Å². The molecule has 0 saturated carbocycles. The van der Waals surface area contributed by atoms with Crippen LogP contribution < -0.4 is 0 Å². The molecule has 0 saturated heterocycles. The Kier molecular flexibility index (Phi) is 5.76. The number of hydrogen-bond acceptors (Lipinski definition) is 1. The highest BCUT2D eigenvalue weighted by molar-refractivity contribution is 9.09. The van der Waals surface area contributed by atoms with Gasteiger partial charge in [0, 0.05) is 25.5 Å². The lowest BCUT2D eigenvalue weighted by Crippen LogP contribution is -2.04.